The van der Waals surface area contributed by atoms with Gasteiger partial charge in [-0.25, -0.2) is 4.68 Å². The average Bonchev–Trinajstić information content (AvgIpc) is 2.55. The highest BCUT2D eigenvalue weighted by Gasteiger charge is 2.09. The Morgan fingerprint density at radius 2 is 2.13 bits per heavy atom. The van der Waals surface area contributed by atoms with E-state index in [9.17, 15) is 4.79 Å². The van der Waals surface area contributed by atoms with Crippen molar-refractivity contribution >= 4 is 10.9 Å². The Morgan fingerprint density at radius 1 is 1.40 bits per heavy atom. The van der Waals surface area contributed by atoms with Crippen LogP contribution in [0.3, 0.4) is 0 Å². The molecular formula is C11H14N2O2. The fourth-order valence-corrected chi connectivity index (χ4v) is 1.60. The van der Waals surface area contributed by atoms with Crippen LogP contribution in [0.15, 0.2) is 23.0 Å². The summed E-state index contributed by atoms with van der Waals surface area (Å²) in [6.07, 6.45) is 0. The number of methoxy groups -OCH3 is 1. The van der Waals surface area contributed by atoms with Crippen molar-refractivity contribution in [2.75, 3.05) is 7.11 Å². The molecule has 0 aliphatic heterocycles. The molecule has 1 heterocycles. The SMILES string of the molecule is COc1ccc2c(=O)n(C(C)C)[nH]c2c1. The van der Waals surface area contributed by atoms with Crippen molar-refractivity contribution in [1.82, 2.24) is 9.78 Å². The number of H-pyrrole nitrogens is 1. The summed E-state index contributed by atoms with van der Waals surface area (Å²) in [7, 11) is 1.61. The number of hydrogen-bond donors (Lipinski definition) is 1. The summed E-state index contributed by atoms with van der Waals surface area (Å²) in [6.45, 7) is 3.93. The molecule has 0 aliphatic carbocycles. The average molecular weight is 206 g/mol. The second kappa shape index (κ2) is 3.46. The minimum absolute atomic E-state index is 0.0163. The van der Waals surface area contributed by atoms with Crippen LogP contribution in [0.25, 0.3) is 10.9 Å². The monoisotopic (exact) mass is 206 g/mol. The first-order valence-electron chi connectivity index (χ1n) is 4.91. The molecule has 0 saturated carbocycles. The number of nitrogens with one attached hydrogen (secondary N) is 1. The number of benzene rings is 1. The molecule has 1 aromatic heterocycles. The van der Waals surface area contributed by atoms with Gasteiger partial charge in [0.25, 0.3) is 5.56 Å². The van der Waals surface area contributed by atoms with Gasteiger partial charge >= 0.3 is 0 Å². The van der Waals surface area contributed by atoms with Crippen molar-refractivity contribution in [1.29, 1.82) is 0 Å². The fourth-order valence-electron chi connectivity index (χ4n) is 1.60. The van der Waals surface area contributed by atoms with Gasteiger partial charge in [0.1, 0.15) is 5.75 Å². The number of ether oxygens (including phenoxy) is 1. The smallest absolute Gasteiger partial charge is 0.274 e. The van der Waals surface area contributed by atoms with Crippen molar-refractivity contribution in [2.45, 2.75) is 19.9 Å². The van der Waals surface area contributed by atoms with E-state index in [1.165, 1.54) is 0 Å². The van der Waals surface area contributed by atoms with Crippen LogP contribution in [0.5, 0.6) is 5.75 Å². The molecule has 1 aromatic carbocycles. The predicted molar refractivity (Wildman–Crippen MR) is 59.5 cm³/mol. The molecule has 0 radical (unpaired) electrons. The summed E-state index contributed by atoms with van der Waals surface area (Å²) in [5, 5.41) is 3.76. The minimum atomic E-state index is 0.0163. The lowest BCUT2D eigenvalue weighted by Crippen LogP contribution is -2.18. The van der Waals surface area contributed by atoms with E-state index in [-0.39, 0.29) is 11.6 Å². The fraction of sp³-hybridized carbons (Fsp3) is 0.364. The second-order valence-electron chi connectivity index (χ2n) is 3.79. The first-order chi connectivity index (χ1) is 7.13. The zero-order chi connectivity index (χ0) is 11.0. The predicted octanol–water partition coefficient (Wildman–Crippen LogP) is 1.92. The molecule has 0 aliphatic rings. The highest BCUT2D eigenvalue weighted by molar-refractivity contribution is 5.79. The molecule has 80 valence electrons. The lowest BCUT2D eigenvalue weighted by molar-refractivity contribution is 0.415. The molecule has 2 aromatic rings. The van der Waals surface area contributed by atoms with Gasteiger partial charge in [-0.15, -0.1) is 0 Å². The van der Waals surface area contributed by atoms with Crippen LogP contribution >= 0.6 is 0 Å². The van der Waals surface area contributed by atoms with Crippen LogP contribution < -0.4 is 10.3 Å². The molecule has 4 nitrogen and oxygen atoms in total. The van der Waals surface area contributed by atoms with Crippen LogP contribution in [-0.2, 0) is 0 Å². The van der Waals surface area contributed by atoms with E-state index in [0.717, 1.165) is 11.3 Å². The molecule has 1 N–H and O–H groups in total. The van der Waals surface area contributed by atoms with Crippen LogP contribution in [-0.4, -0.2) is 16.9 Å². The van der Waals surface area contributed by atoms with Crippen LogP contribution in [0.1, 0.15) is 19.9 Å². The van der Waals surface area contributed by atoms with Crippen molar-refractivity contribution in [3.8, 4) is 5.75 Å². The zero-order valence-electron chi connectivity index (χ0n) is 9.07. The van der Waals surface area contributed by atoms with Gasteiger partial charge in [0.15, 0.2) is 0 Å². The van der Waals surface area contributed by atoms with E-state index in [0.29, 0.717) is 5.39 Å². The number of nitrogens with zero attached hydrogens (tertiary/aromatic N) is 1. The van der Waals surface area contributed by atoms with E-state index in [1.807, 2.05) is 19.9 Å². The number of rotatable bonds is 2. The molecule has 4 heteroatoms. The van der Waals surface area contributed by atoms with Gasteiger partial charge in [-0.2, -0.15) is 0 Å². The van der Waals surface area contributed by atoms with Crippen LogP contribution in [0.4, 0.5) is 0 Å². The molecular weight excluding hydrogens is 192 g/mol. The highest BCUT2D eigenvalue weighted by atomic mass is 16.5. The molecule has 0 amide bonds. The third kappa shape index (κ3) is 1.52. The summed E-state index contributed by atoms with van der Waals surface area (Å²) < 4.78 is 6.72. The maximum absolute atomic E-state index is 11.9. The quantitative estimate of drug-likeness (QED) is 0.816. The maximum Gasteiger partial charge on any atom is 0.274 e. The van der Waals surface area contributed by atoms with E-state index in [2.05, 4.69) is 5.10 Å². The van der Waals surface area contributed by atoms with E-state index in [4.69, 9.17) is 4.74 Å². The van der Waals surface area contributed by atoms with Crippen LogP contribution in [0, 0.1) is 0 Å². The largest absolute Gasteiger partial charge is 0.497 e. The molecule has 0 atom stereocenters. The third-order valence-corrected chi connectivity index (χ3v) is 2.43. The summed E-state index contributed by atoms with van der Waals surface area (Å²) in [4.78, 5) is 11.9. The van der Waals surface area contributed by atoms with E-state index >= 15 is 0 Å². The maximum atomic E-state index is 11.9. The topological polar surface area (TPSA) is 47.0 Å². The Bertz CT molecular complexity index is 537. The van der Waals surface area contributed by atoms with Gasteiger partial charge in [0, 0.05) is 12.1 Å². The van der Waals surface area contributed by atoms with Gasteiger partial charge in [0.05, 0.1) is 18.0 Å². The summed E-state index contributed by atoms with van der Waals surface area (Å²) in [5.74, 6) is 0.750. The Balaban J connectivity index is 2.71. The van der Waals surface area contributed by atoms with Crippen molar-refractivity contribution in [2.24, 2.45) is 0 Å². The van der Waals surface area contributed by atoms with Crippen molar-refractivity contribution < 1.29 is 4.74 Å². The Hall–Kier alpha value is -1.71. The lowest BCUT2D eigenvalue weighted by atomic mass is 10.2. The van der Waals surface area contributed by atoms with Crippen molar-refractivity contribution in [3.05, 3.63) is 28.6 Å². The molecule has 2 rings (SSSR count). The standard InChI is InChI=1S/C11H14N2O2/c1-7(2)13-11(14)9-5-4-8(15-3)6-10(9)12-13/h4-7,12H,1-3H3. The lowest BCUT2D eigenvalue weighted by Gasteiger charge is -2.03. The second-order valence-corrected chi connectivity index (χ2v) is 3.79. The molecule has 0 bridgehead atoms. The summed E-state index contributed by atoms with van der Waals surface area (Å²) in [6, 6.07) is 5.54. The third-order valence-electron chi connectivity index (χ3n) is 2.43. The van der Waals surface area contributed by atoms with Crippen LogP contribution in [0.2, 0.25) is 0 Å². The van der Waals surface area contributed by atoms with Gasteiger partial charge in [-0.3, -0.25) is 9.89 Å². The Morgan fingerprint density at radius 3 is 2.73 bits per heavy atom. The normalized spacial score (nSPS) is 11.2. The molecule has 0 saturated heterocycles. The van der Waals surface area contributed by atoms with Crippen molar-refractivity contribution in [3.63, 3.8) is 0 Å². The number of aromatic nitrogens is 2. The number of aromatic amines is 1. The Labute approximate surface area is 87.5 Å². The summed E-state index contributed by atoms with van der Waals surface area (Å²) in [5.41, 5.74) is 0.829. The molecule has 0 spiro atoms. The first-order valence-corrected chi connectivity index (χ1v) is 4.91. The highest BCUT2D eigenvalue weighted by Crippen LogP contribution is 2.17. The Kier molecular flexibility index (Phi) is 2.26. The first kappa shape index (κ1) is 9.83. The minimum Gasteiger partial charge on any atom is -0.497 e. The summed E-state index contributed by atoms with van der Waals surface area (Å²) >= 11 is 0. The molecule has 0 unspecified atom stereocenters. The van der Waals surface area contributed by atoms with Gasteiger partial charge in [0.2, 0.25) is 0 Å². The van der Waals surface area contributed by atoms with Gasteiger partial charge in [-0.1, -0.05) is 0 Å². The van der Waals surface area contributed by atoms with E-state index < -0.39 is 0 Å². The van der Waals surface area contributed by atoms with Gasteiger partial charge in [-0.05, 0) is 26.0 Å². The van der Waals surface area contributed by atoms with E-state index in [1.54, 1.807) is 23.9 Å². The number of fused-ring (bicyclic) bond motifs is 1. The molecule has 15 heavy (non-hydrogen) atoms. The zero-order valence-corrected chi connectivity index (χ0v) is 9.07. The van der Waals surface area contributed by atoms with Gasteiger partial charge < -0.3 is 4.74 Å². The number of hydrogen-bond acceptors (Lipinski definition) is 2. The molecule has 0 fully saturated rings.